The summed E-state index contributed by atoms with van der Waals surface area (Å²) in [6.07, 6.45) is 2.04. The summed E-state index contributed by atoms with van der Waals surface area (Å²) in [6, 6.07) is 18.3. The van der Waals surface area contributed by atoms with Gasteiger partial charge in [-0.15, -0.1) is 0 Å². The molecule has 2 heterocycles. The van der Waals surface area contributed by atoms with Gasteiger partial charge in [-0.25, -0.2) is 4.98 Å². The predicted octanol–water partition coefficient (Wildman–Crippen LogP) is 4.59. The number of oxazole rings is 1. The first-order valence-electron chi connectivity index (χ1n) is 9.01. The van der Waals surface area contributed by atoms with Crippen LogP contribution in [0.1, 0.15) is 28.6 Å². The van der Waals surface area contributed by atoms with Crippen LogP contribution in [0.4, 0.5) is 5.88 Å². The van der Waals surface area contributed by atoms with Crippen molar-refractivity contribution in [2.45, 2.75) is 12.8 Å². The van der Waals surface area contributed by atoms with Crippen LogP contribution in [-0.4, -0.2) is 23.6 Å². The molecule has 28 heavy (non-hydrogen) atoms. The maximum atomic E-state index is 9.27. The molecule has 2 N–H and O–H groups in total. The number of aryl methyl sites for hydroxylation is 1. The number of rotatable bonds is 6. The van der Waals surface area contributed by atoms with E-state index in [1.807, 2.05) is 30.5 Å². The molecule has 0 aliphatic heterocycles. The van der Waals surface area contributed by atoms with Gasteiger partial charge in [-0.05, 0) is 29.3 Å². The van der Waals surface area contributed by atoms with Crippen LogP contribution < -0.4 is 10.1 Å². The van der Waals surface area contributed by atoms with Crippen molar-refractivity contribution in [2.75, 3.05) is 19.0 Å². The Kier molecular flexibility index (Phi) is 4.73. The molecule has 0 aliphatic rings. The van der Waals surface area contributed by atoms with Gasteiger partial charge >= 0.3 is 0 Å². The highest BCUT2D eigenvalue weighted by Gasteiger charge is 2.20. The van der Waals surface area contributed by atoms with Crippen LogP contribution in [-0.2, 0) is 0 Å². The topological polar surface area (TPSA) is 86.9 Å². The molecule has 0 spiro atoms. The number of hydrogen-bond acceptors (Lipinski definition) is 5. The van der Waals surface area contributed by atoms with E-state index in [1.54, 1.807) is 14.0 Å². The average Bonchev–Trinajstić information content (AvgIpc) is 3.32. The number of anilines is 1. The lowest BCUT2D eigenvalue weighted by Crippen LogP contribution is -2.14. The molecule has 0 fully saturated rings. The third kappa shape index (κ3) is 3.30. The van der Waals surface area contributed by atoms with E-state index >= 15 is 0 Å². The summed E-state index contributed by atoms with van der Waals surface area (Å²) in [7, 11) is 1.66. The molecule has 0 aliphatic carbocycles. The molecule has 140 valence electrons. The Labute approximate surface area is 162 Å². The average molecular weight is 372 g/mol. The maximum absolute atomic E-state index is 9.27. The number of aromatic nitrogens is 2. The first-order valence-corrected chi connectivity index (χ1v) is 9.01. The number of benzene rings is 2. The van der Waals surface area contributed by atoms with E-state index in [0.29, 0.717) is 18.3 Å². The summed E-state index contributed by atoms with van der Waals surface area (Å²) in [4.78, 5) is 7.45. The first-order chi connectivity index (χ1) is 13.7. The van der Waals surface area contributed by atoms with Crippen LogP contribution in [0.3, 0.4) is 0 Å². The highest BCUT2D eigenvalue weighted by molar-refractivity contribution is 5.84. The van der Waals surface area contributed by atoms with Gasteiger partial charge in [0.05, 0.1) is 7.11 Å². The number of aromatic amines is 1. The van der Waals surface area contributed by atoms with Crippen molar-refractivity contribution >= 4 is 16.8 Å². The minimum Gasteiger partial charge on any atom is -0.497 e. The monoisotopic (exact) mass is 372 g/mol. The second-order valence-electron chi connectivity index (χ2n) is 6.52. The van der Waals surface area contributed by atoms with Gasteiger partial charge in [0, 0.05) is 36.5 Å². The van der Waals surface area contributed by atoms with Crippen molar-refractivity contribution in [1.82, 2.24) is 9.97 Å². The Hall–Kier alpha value is -3.72. The molecule has 2 aromatic carbocycles. The lowest BCUT2D eigenvalue weighted by molar-refractivity contribution is 0.414. The van der Waals surface area contributed by atoms with E-state index in [9.17, 15) is 5.26 Å². The zero-order valence-corrected chi connectivity index (χ0v) is 15.7. The predicted molar refractivity (Wildman–Crippen MR) is 108 cm³/mol. The number of nitrogens with one attached hydrogen (secondary N) is 2. The summed E-state index contributed by atoms with van der Waals surface area (Å²) >= 11 is 0. The molecular weight excluding hydrogens is 352 g/mol. The molecule has 6 nitrogen and oxygen atoms in total. The Morgan fingerprint density at radius 3 is 2.75 bits per heavy atom. The third-order valence-corrected chi connectivity index (χ3v) is 4.82. The standard InChI is InChI=1S/C22H20N4O2/c1-14-26-21(11-23)22(28-14)25-12-18(15-7-9-16(27-2)10-8-15)19-13-24-20-6-4-3-5-17(19)20/h3-10,13,18,24-25H,12H2,1-2H3/t18-/m0/s1. The van der Waals surface area contributed by atoms with Crippen molar-refractivity contribution in [3.63, 3.8) is 0 Å². The number of hydrogen-bond donors (Lipinski definition) is 2. The van der Waals surface area contributed by atoms with E-state index < -0.39 is 0 Å². The first kappa shape index (κ1) is 17.7. The molecule has 1 atom stereocenters. The smallest absolute Gasteiger partial charge is 0.232 e. The van der Waals surface area contributed by atoms with Gasteiger partial charge in [0.2, 0.25) is 11.6 Å². The van der Waals surface area contributed by atoms with Gasteiger partial charge in [-0.3, -0.25) is 0 Å². The molecule has 4 rings (SSSR count). The number of fused-ring (bicyclic) bond motifs is 1. The van der Waals surface area contributed by atoms with Crippen LogP contribution in [0.25, 0.3) is 10.9 Å². The zero-order chi connectivity index (χ0) is 19.5. The molecule has 0 bridgehead atoms. The van der Waals surface area contributed by atoms with Crippen LogP contribution in [0.15, 0.2) is 59.1 Å². The van der Waals surface area contributed by atoms with E-state index in [1.165, 1.54) is 10.9 Å². The fourth-order valence-corrected chi connectivity index (χ4v) is 3.44. The molecule has 4 aromatic rings. The van der Waals surface area contributed by atoms with Gasteiger partial charge in [-0.1, -0.05) is 30.3 Å². The summed E-state index contributed by atoms with van der Waals surface area (Å²) in [5, 5.41) is 13.7. The van der Waals surface area contributed by atoms with Crippen LogP contribution in [0, 0.1) is 18.3 Å². The number of nitriles is 1. The van der Waals surface area contributed by atoms with Gasteiger partial charge in [0.1, 0.15) is 11.8 Å². The quantitative estimate of drug-likeness (QED) is 0.517. The minimum atomic E-state index is 0.0407. The highest BCUT2D eigenvalue weighted by Crippen LogP contribution is 2.32. The Bertz CT molecular complexity index is 1140. The van der Waals surface area contributed by atoms with E-state index in [-0.39, 0.29) is 11.6 Å². The van der Waals surface area contributed by atoms with E-state index in [2.05, 4.69) is 45.6 Å². The number of ether oxygens (including phenoxy) is 1. The van der Waals surface area contributed by atoms with E-state index in [4.69, 9.17) is 9.15 Å². The molecule has 6 heteroatoms. The molecule has 2 aromatic heterocycles. The fraction of sp³-hybridized carbons (Fsp3) is 0.182. The molecule has 0 amide bonds. The van der Waals surface area contributed by atoms with Gasteiger partial charge in [0.15, 0.2) is 5.89 Å². The lowest BCUT2D eigenvalue weighted by atomic mass is 9.91. The normalized spacial score (nSPS) is 11.9. The summed E-state index contributed by atoms with van der Waals surface area (Å²) < 4.78 is 10.9. The van der Waals surface area contributed by atoms with Gasteiger partial charge in [-0.2, -0.15) is 5.26 Å². The van der Waals surface area contributed by atoms with Gasteiger partial charge in [0.25, 0.3) is 0 Å². The SMILES string of the molecule is COc1ccc([C@H](CNc2oc(C)nc2C#N)c2c[nH]c3ccccc23)cc1. The second kappa shape index (κ2) is 7.49. The maximum Gasteiger partial charge on any atom is 0.232 e. The lowest BCUT2D eigenvalue weighted by Gasteiger charge is -2.18. The summed E-state index contributed by atoms with van der Waals surface area (Å²) in [6.45, 7) is 2.28. The van der Waals surface area contributed by atoms with Gasteiger partial charge < -0.3 is 19.5 Å². The Morgan fingerprint density at radius 2 is 2.00 bits per heavy atom. The third-order valence-electron chi connectivity index (χ3n) is 4.82. The molecule has 0 unspecified atom stereocenters. The number of methoxy groups -OCH3 is 1. The summed E-state index contributed by atoms with van der Waals surface area (Å²) in [5.74, 6) is 1.72. The molecule has 0 saturated heterocycles. The highest BCUT2D eigenvalue weighted by atomic mass is 16.5. The van der Waals surface area contributed by atoms with Crippen LogP contribution in [0.2, 0.25) is 0 Å². The molecule has 0 radical (unpaired) electrons. The zero-order valence-electron chi connectivity index (χ0n) is 15.7. The Balaban J connectivity index is 1.71. The van der Waals surface area contributed by atoms with Crippen molar-refractivity contribution in [1.29, 1.82) is 5.26 Å². The minimum absolute atomic E-state index is 0.0407. The fourth-order valence-electron chi connectivity index (χ4n) is 3.44. The van der Waals surface area contributed by atoms with Crippen LogP contribution >= 0.6 is 0 Å². The van der Waals surface area contributed by atoms with E-state index in [0.717, 1.165) is 16.8 Å². The largest absolute Gasteiger partial charge is 0.497 e. The number of H-pyrrole nitrogens is 1. The van der Waals surface area contributed by atoms with Crippen molar-refractivity contribution in [3.8, 4) is 11.8 Å². The van der Waals surface area contributed by atoms with Crippen LogP contribution in [0.5, 0.6) is 5.75 Å². The number of para-hydroxylation sites is 1. The van der Waals surface area contributed by atoms with Crippen molar-refractivity contribution < 1.29 is 9.15 Å². The molecular formula is C22H20N4O2. The second-order valence-corrected chi connectivity index (χ2v) is 6.52. The van der Waals surface area contributed by atoms with Crippen molar-refractivity contribution in [2.24, 2.45) is 0 Å². The Morgan fingerprint density at radius 1 is 1.21 bits per heavy atom. The molecule has 0 saturated carbocycles. The number of nitrogens with zero attached hydrogens (tertiary/aromatic N) is 2. The summed E-state index contributed by atoms with van der Waals surface area (Å²) in [5.41, 5.74) is 3.66. The van der Waals surface area contributed by atoms with Crippen molar-refractivity contribution in [3.05, 3.63) is 77.4 Å².